The summed E-state index contributed by atoms with van der Waals surface area (Å²) in [5.74, 6) is -1.29. The Morgan fingerprint density at radius 1 is 1.47 bits per heavy atom. The number of carbonyl (C=O) groups is 1. The van der Waals surface area contributed by atoms with Crippen LogP contribution in [0.2, 0.25) is 0 Å². The first-order chi connectivity index (χ1) is 8.06. The summed E-state index contributed by atoms with van der Waals surface area (Å²) in [4.78, 5) is 10.6. The van der Waals surface area contributed by atoms with Crippen LogP contribution in [0.5, 0.6) is 0 Å². The fourth-order valence-corrected chi connectivity index (χ4v) is 1.65. The minimum absolute atomic E-state index is 0.136. The molecule has 0 aliphatic rings. The maximum atomic E-state index is 13.1. The van der Waals surface area contributed by atoms with E-state index in [1.54, 1.807) is 25.1 Å². The van der Waals surface area contributed by atoms with Crippen molar-refractivity contribution in [3.63, 3.8) is 0 Å². The van der Waals surface area contributed by atoms with Crippen molar-refractivity contribution in [2.45, 2.75) is 13.3 Å². The van der Waals surface area contributed by atoms with Gasteiger partial charge in [-0.3, -0.25) is 4.79 Å². The van der Waals surface area contributed by atoms with E-state index in [2.05, 4.69) is 5.10 Å². The third-order valence-corrected chi connectivity index (χ3v) is 2.32. The number of carboxylic acid groups (broad SMARTS) is 1. The molecule has 0 bridgehead atoms. The normalized spacial score (nSPS) is 10.5. The van der Waals surface area contributed by atoms with Crippen LogP contribution in [-0.2, 0) is 11.2 Å². The second-order valence-electron chi connectivity index (χ2n) is 3.74. The Balaban J connectivity index is 2.39. The lowest BCUT2D eigenvalue weighted by atomic mass is 10.3. The van der Waals surface area contributed by atoms with Crippen molar-refractivity contribution >= 4 is 5.97 Å². The molecule has 0 aliphatic carbocycles. The maximum Gasteiger partial charge on any atom is 0.309 e. The van der Waals surface area contributed by atoms with E-state index in [1.165, 1.54) is 16.8 Å². The van der Waals surface area contributed by atoms with Crippen molar-refractivity contribution < 1.29 is 14.3 Å². The van der Waals surface area contributed by atoms with E-state index in [1.807, 2.05) is 0 Å². The quantitative estimate of drug-likeness (QED) is 0.883. The van der Waals surface area contributed by atoms with Crippen molar-refractivity contribution in [1.29, 1.82) is 0 Å². The minimum atomic E-state index is -0.936. The van der Waals surface area contributed by atoms with Gasteiger partial charge < -0.3 is 5.11 Å². The third kappa shape index (κ3) is 2.50. The number of hydrogen-bond acceptors (Lipinski definition) is 2. The smallest absolute Gasteiger partial charge is 0.309 e. The van der Waals surface area contributed by atoms with Crippen LogP contribution in [0, 0.1) is 12.7 Å². The Morgan fingerprint density at radius 3 is 2.88 bits per heavy atom. The zero-order valence-corrected chi connectivity index (χ0v) is 9.22. The first kappa shape index (κ1) is 11.3. The summed E-state index contributed by atoms with van der Waals surface area (Å²) in [6.45, 7) is 1.79. The van der Waals surface area contributed by atoms with Gasteiger partial charge in [-0.25, -0.2) is 9.07 Å². The van der Waals surface area contributed by atoms with Crippen molar-refractivity contribution in [3.05, 3.63) is 47.5 Å². The Kier molecular flexibility index (Phi) is 2.91. The van der Waals surface area contributed by atoms with Crippen LogP contribution in [0.4, 0.5) is 4.39 Å². The molecule has 1 heterocycles. The summed E-state index contributed by atoms with van der Waals surface area (Å²) >= 11 is 0. The van der Waals surface area contributed by atoms with E-state index in [9.17, 15) is 9.18 Å². The number of hydrogen-bond donors (Lipinski definition) is 1. The molecular formula is C12H11FN2O2. The summed E-state index contributed by atoms with van der Waals surface area (Å²) in [5, 5.41) is 12.8. The van der Waals surface area contributed by atoms with Crippen LogP contribution in [0.25, 0.3) is 5.69 Å². The van der Waals surface area contributed by atoms with E-state index >= 15 is 0 Å². The predicted molar refractivity (Wildman–Crippen MR) is 59.6 cm³/mol. The molecule has 0 saturated carbocycles. The van der Waals surface area contributed by atoms with Gasteiger partial charge >= 0.3 is 5.97 Å². The molecule has 88 valence electrons. The van der Waals surface area contributed by atoms with Crippen LogP contribution in [-0.4, -0.2) is 20.9 Å². The first-order valence-corrected chi connectivity index (χ1v) is 5.09. The molecule has 17 heavy (non-hydrogen) atoms. The Morgan fingerprint density at radius 2 is 2.24 bits per heavy atom. The van der Waals surface area contributed by atoms with Gasteiger partial charge in [0.05, 0.1) is 17.8 Å². The summed E-state index contributed by atoms with van der Waals surface area (Å²) in [6, 6.07) is 7.68. The third-order valence-electron chi connectivity index (χ3n) is 2.32. The molecule has 0 aliphatic heterocycles. The highest BCUT2D eigenvalue weighted by atomic mass is 19.1. The molecule has 5 heteroatoms. The van der Waals surface area contributed by atoms with Gasteiger partial charge in [-0.15, -0.1) is 0 Å². The fourth-order valence-electron chi connectivity index (χ4n) is 1.65. The summed E-state index contributed by atoms with van der Waals surface area (Å²) in [6.07, 6.45) is -0.136. The number of aromatic nitrogens is 2. The van der Waals surface area contributed by atoms with Crippen molar-refractivity contribution in [1.82, 2.24) is 9.78 Å². The lowest BCUT2D eigenvalue weighted by molar-refractivity contribution is -0.136. The monoisotopic (exact) mass is 234 g/mol. The average Bonchev–Trinajstić information content (AvgIpc) is 2.58. The number of aliphatic carboxylic acids is 1. The molecule has 4 nitrogen and oxygen atoms in total. The summed E-state index contributed by atoms with van der Waals surface area (Å²) in [7, 11) is 0. The molecule has 2 rings (SSSR count). The maximum absolute atomic E-state index is 13.1. The van der Waals surface area contributed by atoms with Crippen molar-refractivity contribution in [2.75, 3.05) is 0 Å². The van der Waals surface area contributed by atoms with Crippen LogP contribution in [0.15, 0.2) is 30.3 Å². The zero-order chi connectivity index (χ0) is 12.4. The number of carboxylic acids is 1. The van der Waals surface area contributed by atoms with Gasteiger partial charge in [-0.05, 0) is 31.2 Å². The second kappa shape index (κ2) is 4.37. The number of nitrogens with zero attached hydrogens (tertiary/aromatic N) is 2. The predicted octanol–water partition coefficient (Wildman–Crippen LogP) is 1.95. The van der Waals surface area contributed by atoms with E-state index in [-0.39, 0.29) is 12.2 Å². The molecule has 0 unspecified atom stereocenters. The van der Waals surface area contributed by atoms with Gasteiger partial charge in [0.1, 0.15) is 5.82 Å². The van der Waals surface area contributed by atoms with E-state index in [0.717, 1.165) is 5.69 Å². The highest BCUT2D eigenvalue weighted by Crippen LogP contribution is 2.13. The lowest BCUT2D eigenvalue weighted by Crippen LogP contribution is -2.03. The highest BCUT2D eigenvalue weighted by molar-refractivity contribution is 5.69. The van der Waals surface area contributed by atoms with Crippen LogP contribution in [0.3, 0.4) is 0 Å². The number of aryl methyl sites for hydroxylation is 1. The molecule has 0 saturated heterocycles. The molecule has 1 N–H and O–H groups in total. The van der Waals surface area contributed by atoms with Crippen molar-refractivity contribution in [3.8, 4) is 5.69 Å². The summed E-state index contributed by atoms with van der Waals surface area (Å²) in [5.41, 5.74) is 1.81. The second-order valence-corrected chi connectivity index (χ2v) is 3.74. The molecule has 0 amide bonds. The van der Waals surface area contributed by atoms with E-state index in [4.69, 9.17) is 5.11 Å². The number of halogens is 1. The molecule has 2 aromatic rings. The molecule has 1 aromatic heterocycles. The largest absolute Gasteiger partial charge is 0.481 e. The SMILES string of the molecule is Cc1cc(CC(=O)O)nn1-c1cccc(F)c1. The van der Waals surface area contributed by atoms with Gasteiger partial charge in [0.15, 0.2) is 0 Å². The molecule has 0 spiro atoms. The average molecular weight is 234 g/mol. The minimum Gasteiger partial charge on any atom is -0.481 e. The van der Waals surface area contributed by atoms with E-state index in [0.29, 0.717) is 11.4 Å². The topological polar surface area (TPSA) is 55.1 Å². The van der Waals surface area contributed by atoms with Crippen molar-refractivity contribution in [2.24, 2.45) is 0 Å². The van der Waals surface area contributed by atoms with Gasteiger partial charge in [-0.1, -0.05) is 6.07 Å². The Labute approximate surface area is 97.3 Å². The number of benzene rings is 1. The lowest BCUT2D eigenvalue weighted by Gasteiger charge is -2.03. The molecule has 1 aromatic carbocycles. The zero-order valence-electron chi connectivity index (χ0n) is 9.22. The molecule has 0 atom stereocenters. The molecule has 0 fully saturated rings. The number of rotatable bonds is 3. The molecular weight excluding hydrogens is 223 g/mol. The van der Waals surface area contributed by atoms with Gasteiger partial charge in [0.25, 0.3) is 0 Å². The first-order valence-electron chi connectivity index (χ1n) is 5.09. The fraction of sp³-hybridized carbons (Fsp3) is 0.167. The van der Waals surface area contributed by atoms with E-state index < -0.39 is 5.97 Å². The summed E-state index contributed by atoms with van der Waals surface area (Å²) < 4.78 is 14.6. The van der Waals surface area contributed by atoms with Crippen LogP contribution in [0.1, 0.15) is 11.4 Å². The van der Waals surface area contributed by atoms with Gasteiger partial charge in [0, 0.05) is 5.69 Å². The van der Waals surface area contributed by atoms with Gasteiger partial charge in [0.2, 0.25) is 0 Å². The van der Waals surface area contributed by atoms with Gasteiger partial charge in [-0.2, -0.15) is 5.10 Å². The Bertz CT molecular complexity index is 563. The van der Waals surface area contributed by atoms with Crippen LogP contribution < -0.4 is 0 Å². The van der Waals surface area contributed by atoms with Crippen LogP contribution >= 0.6 is 0 Å². The Hall–Kier alpha value is -2.17. The molecule has 0 radical (unpaired) electrons. The highest BCUT2D eigenvalue weighted by Gasteiger charge is 2.09. The standard InChI is InChI=1S/C12H11FN2O2/c1-8-5-10(7-12(16)17)14-15(8)11-4-2-3-9(13)6-11/h2-6H,7H2,1H3,(H,16,17).